The highest BCUT2D eigenvalue weighted by Gasteiger charge is 2.15. The molecule has 0 aliphatic carbocycles. The monoisotopic (exact) mass is 447 g/mol. The maximum atomic E-state index is 12.4. The number of carbonyl (C=O) groups excluding carboxylic acids is 1. The molecule has 0 unspecified atom stereocenters. The third-order valence-electron chi connectivity index (χ3n) is 3.53. The van der Waals surface area contributed by atoms with Crippen LogP contribution < -0.4 is 15.4 Å². The second-order valence-electron chi connectivity index (χ2n) is 5.62. The minimum absolute atomic E-state index is 0.0179. The minimum Gasteiger partial charge on any atom is -0.332 e. The quantitative estimate of drug-likeness (QED) is 0.515. The molecule has 8 nitrogen and oxygen atoms in total. The van der Waals surface area contributed by atoms with Crippen molar-refractivity contribution in [3.05, 3.63) is 77.6 Å². The molecule has 3 aromatic rings. The number of rotatable bonds is 5. The van der Waals surface area contributed by atoms with Crippen LogP contribution in [0, 0.1) is 0 Å². The van der Waals surface area contributed by atoms with E-state index in [-0.39, 0.29) is 16.0 Å². The van der Waals surface area contributed by atoms with Gasteiger partial charge in [0, 0.05) is 28.7 Å². The largest absolute Gasteiger partial charge is 0.332 e. The van der Waals surface area contributed by atoms with E-state index in [4.69, 9.17) is 23.8 Å². The van der Waals surface area contributed by atoms with Gasteiger partial charge in [-0.15, -0.1) is 0 Å². The van der Waals surface area contributed by atoms with Crippen molar-refractivity contribution in [1.82, 2.24) is 15.3 Å². The summed E-state index contributed by atoms with van der Waals surface area (Å²) in [7, 11) is -3.84. The third-order valence-corrected chi connectivity index (χ3v) is 5.31. The Morgan fingerprint density at radius 1 is 1.00 bits per heavy atom. The normalized spacial score (nSPS) is 10.8. The summed E-state index contributed by atoms with van der Waals surface area (Å²) in [5, 5.41) is 5.83. The van der Waals surface area contributed by atoms with E-state index in [1.54, 1.807) is 24.3 Å². The maximum absolute atomic E-state index is 12.4. The highest BCUT2D eigenvalue weighted by molar-refractivity contribution is 7.92. The molecule has 1 aromatic heterocycles. The smallest absolute Gasteiger partial charge is 0.264 e. The molecule has 148 valence electrons. The SMILES string of the molecule is O=C(NC(=S)Nc1ccc(S(=O)(=O)Nc2ncccn2)cc1)c1cccc(Cl)c1. The standard InChI is InChI=1S/C18H14ClN5O3S2/c19-13-4-1-3-12(11-13)16(25)23-18(28)22-14-5-7-15(8-6-14)29(26,27)24-17-20-9-2-10-21-17/h1-11H,(H,20,21,24)(H2,22,23,25,28). The molecule has 0 saturated heterocycles. The summed E-state index contributed by atoms with van der Waals surface area (Å²) in [6.07, 6.45) is 2.85. The van der Waals surface area contributed by atoms with Gasteiger partial charge < -0.3 is 5.32 Å². The van der Waals surface area contributed by atoms with E-state index in [1.807, 2.05) is 0 Å². The molecule has 0 bridgehead atoms. The van der Waals surface area contributed by atoms with Gasteiger partial charge >= 0.3 is 0 Å². The van der Waals surface area contributed by atoms with Crippen molar-refractivity contribution in [2.24, 2.45) is 0 Å². The van der Waals surface area contributed by atoms with Crippen LogP contribution in [-0.4, -0.2) is 29.4 Å². The van der Waals surface area contributed by atoms with Crippen LogP contribution in [0.15, 0.2) is 71.9 Å². The Labute approximate surface area is 177 Å². The number of hydrogen-bond acceptors (Lipinski definition) is 6. The molecular formula is C18H14ClN5O3S2. The van der Waals surface area contributed by atoms with Crippen molar-refractivity contribution < 1.29 is 13.2 Å². The van der Waals surface area contributed by atoms with Crippen molar-refractivity contribution in [3.63, 3.8) is 0 Å². The summed E-state index contributed by atoms with van der Waals surface area (Å²) in [4.78, 5) is 19.8. The number of aromatic nitrogens is 2. The zero-order chi connectivity index (χ0) is 20.9. The Balaban J connectivity index is 1.62. The molecule has 1 amide bonds. The summed E-state index contributed by atoms with van der Waals surface area (Å²) >= 11 is 11.0. The number of benzene rings is 2. The van der Waals surface area contributed by atoms with Crippen molar-refractivity contribution in [3.8, 4) is 0 Å². The maximum Gasteiger partial charge on any atom is 0.264 e. The Morgan fingerprint density at radius 2 is 1.69 bits per heavy atom. The number of carbonyl (C=O) groups is 1. The molecule has 0 aliphatic heterocycles. The van der Waals surface area contributed by atoms with E-state index in [0.29, 0.717) is 16.3 Å². The fourth-order valence-electron chi connectivity index (χ4n) is 2.22. The van der Waals surface area contributed by atoms with Crippen LogP contribution in [0.5, 0.6) is 0 Å². The molecule has 29 heavy (non-hydrogen) atoms. The van der Waals surface area contributed by atoms with Crippen molar-refractivity contribution in [1.29, 1.82) is 0 Å². The molecule has 3 N–H and O–H groups in total. The number of thiocarbonyl (C=S) groups is 1. The number of nitrogens with zero attached hydrogens (tertiary/aromatic N) is 2. The van der Waals surface area contributed by atoms with E-state index in [2.05, 4.69) is 25.3 Å². The summed E-state index contributed by atoms with van der Waals surface area (Å²) in [6.45, 7) is 0. The molecule has 0 atom stereocenters. The third kappa shape index (κ3) is 5.70. The first-order chi connectivity index (χ1) is 13.8. The second-order valence-corrected chi connectivity index (χ2v) is 8.15. The van der Waals surface area contributed by atoms with Crippen molar-refractivity contribution >= 4 is 56.5 Å². The van der Waals surface area contributed by atoms with Gasteiger partial charge in [-0.2, -0.15) is 0 Å². The fraction of sp³-hybridized carbons (Fsp3) is 0. The van der Waals surface area contributed by atoms with E-state index >= 15 is 0 Å². The molecule has 0 radical (unpaired) electrons. The summed E-state index contributed by atoms with van der Waals surface area (Å²) < 4.78 is 27.0. The average Bonchev–Trinajstić information content (AvgIpc) is 2.68. The lowest BCUT2D eigenvalue weighted by Crippen LogP contribution is -2.34. The topological polar surface area (TPSA) is 113 Å². The lowest BCUT2D eigenvalue weighted by atomic mass is 10.2. The average molecular weight is 448 g/mol. The van der Waals surface area contributed by atoms with Crippen molar-refractivity contribution in [2.45, 2.75) is 4.90 Å². The highest BCUT2D eigenvalue weighted by atomic mass is 35.5. The number of hydrogen-bond donors (Lipinski definition) is 3. The predicted octanol–water partition coefficient (Wildman–Crippen LogP) is 3.06. The molecule has 0 saturated carbocycles. The van der Waals surface area contributed by atoms with Gasteiger partial charge in [-0.05, 0) is 60.7 Å². The first-order valence-corrected chi connectivity index (χ1v) is 10.4. The number of halogens is 1. The zero-order valence-electron chi connectivity index (χ0n) is 14.7. The van der Waals surface area contributed by atoms with Gasteiger partial charge in [0.15, 0.2) is 5.11 Å². The first kappa shape index (κ1) is 20.6. The van der Waals surface area contributed by atoms with Crippen LogP contribution in [0.25, 0.3) is 0 Å². The van der Waals surface area contributed by atoms with Crippen LogP contribution in [-0.2, 0) is 10.0 Å². The van der Waals surface area contributed by atoms with Gasteiger partial charge in [0.25, 0.3) is 15.9 Å². The lowest BCUT2D eigenvalue weighted by Gasteiger charge is -2.11. The van der Waals surface area contributed by atoms with Crippen LogP contribution in [0.4, 0.5) is 11.6 Å². The minimum atomic E-state index is -3.84. The molecule has 2 aromatic carbocycles. The van der Waals surface area contributed by atoms with Crippen LogP contribution in [0.2, 0.25) is 5.02 Å². The molecule has 1 heterocycles. The Bertz CT molecular complexity index is 1140. The van der Waals surface area contributed by atoms with Crippen molar-refractivity contribution in [2.75, 3.05) is 10.0 Å². The number of sulfonamides is 1. The number of nitrogens with one attached hydrogen (secondary N) is 3. The van der Waals surface area contributed by atoms with Crippen LogP contribution in [0.3, 0.4) is 0 Å². The first-order valence-electron chi connectivity index (χ1n) is 8.11. The highest BCUT2D eigenvalue weighted by Crippen LogP contribution is 2.16. The van der Waals surface area contributed by atoms with Crippen LogP contribution in [0.1, 0.15) is 10.4 Å². The fourth-order valence-corrected chi connectivity index (χ4v) is 3.57. The Kier molecular flexibility index (Phi) is 6.37. The second kappa shape index (κ2) is 8.95. The van der Waals surface area contributed by atoms with Gasteiger partial charge in [-0.3, -0.25) is 10.1 Å². The van der Waals surface area contributed by atoms with Crippen LogP contribution >= 0.6 is 23.8 Å². The zero-order valence-corrected chi connectivity index (χ0v) is 17.1. The van der Waals surface area contributed by atoms with E-state index in [9.17, 15) is 13.2 Å². The Hall–Kier alpha value is -3.08. The molecule has 11 heteroatoms. The van der Waals surface area contributed by atoms with E-state index in [0.717, 1.165) is 0 Å². The van der Waals surface area contributed by atoms with Gasteiger partial charge in [0.2, 0.25) is 5.95 Å². The Morgan fingerprint density at radius 3 is 2.34 bits per heavy atom. The molecule has 3 rings (SSSR count). The summed E-state index contributed by atoms with van der Waals surface area (Å²) in [5.74, 6) is -0.448. The number of amides is 1. The summed E-state index contributed by atoms with van der Waals surface area (Å²) in [6, 6.07) is 13.8. The van der Waals surface area contributed by atoms with Gasteiger partial charge in [0.1, 0.15) is 0 Å². The molecule has 0 fully saturated rings. The number of anilines is 2. The van der Waals surface area contributed by atoms with Gasteiger partial charge in [-0.25, -0.2) is 23.1 Å². The predicted molar refractivity (Wildman–Crippen MR) is 114 cm³/mol. The van der Waals surface area contributed by atoms with E-state index in [1.165, 1.54) is 42.7 Å². The van der Waals surface area contributed by atoms with Gasteiger partial charge in [-0.1, -0.05) is 17.7 Å². The lowest BCUT2D eigenvalue weighted by molar-refractivity contribution is 0.0977. The molecule has 0 spiro atoms. The van der Waals surface area contributed by atoms with E-state index < -0.39 is 15.9 Å². The summed E-state index contributed by atoms with van der Waals surface area (Å²) in [5.41, 5.74) is 0.855. The molecular weight excluding hydrogens is 434 g/mol. The molecule has 0 aliphatic rings. The van der Waals surface area contributed by atoms with Gasteiger partial charge in [0.05, 0.1) is 4.90 Å².